The predicted molar refractivity (Wildman–Crippen MR) is 56.5 cm³/mol. The van der Waals surface area contributed by atoms with Crippen molar-refractivity contribution in [3.63, 3.8) is 0 Å². The highest BCUT2D eigenvalue weighted by molar-refractivity contribution is 5.84. The van der Waals surface area contributed by atoms with Gasteiger partial charge in [-0.2, -0.15) is 0 Å². The smallest absolute Gasteiger partial charge is 0.0716 e. The first-order valence-corrected chi connectivity index (χ1v) is 5.39. The molecular weight excluding hydrogens is 240 g/mol. The lowest BCUT2D eigenvalue weighted by atomic mass is 9.70. The summed E-state index contributed by atoms with van der Waals surface area (Å²) >= 11 is 0. The molecule has 1 aliphatic carbocycles. The SMILES string of the molecule is CC(O)C1(C(=O)[O-])C=CC(C(=O)[O-])(C(C)O)C=C1. The molecule has 0 fully saturated rings. The Balaban J connectivity index is 3.26. The van der Waals surface area contributed by atoms with Crippen molar-refractivity contribution in [2.45, 2.75) is 26.1 Å². The first kappa shape index (κ1) is 14.4. The van der Waals surface area contributed by atoms with Crippen LogP contribution in [-0.2, 0) is 9.59 Å². The lowest BCUT2D eigenvalue weighted by Gasteiger charge is -2.40. The minimum atomic E-state index is -1.80. The predicted octanol–water partition coefficient (Wildman–Crippen LogP) is -2.65. The number of aliphatic carboxylic acids is 2. The van der Waals surface area contributed by atoms with Crippen LogP contribution in [0.25, 0.3) is 0 Å². The molecule has 0 amide bonds. The fraction of sp³-hybridized carbons (Fsp3) is 0.500. The van der Waals surface area contributed by atoms with E-state index < -0.39 is 35.0 Å². The van der Waals surface area contributed by atoms with Gasteiger partial charge in [0.05, 0.1) is 35.0 Å². The molecule has 1 aliphatic rings. The van der Waals surface area contributed by atoms with Crippen LogP contribution in [-0.4, -0.2) is 34.4 Å². The van der Waals surface area contributed by atoms with E-state index in [4.69, 9.17) is 0 Å². The van der Waals surface area contributed by atoms with Gasteiger partial charge in [0.15, 0.2) is 0 Å². The summed E-state index contributed by atoms with van der Waals surface area (Å²) < 4.78 is 0. The number of aliphatic hydroxyl groups is 2. The van der Waals surface area contributed by atoms with Gasteiger partial charge in [-0.25, -0.2) is 0 Å². The molecule has 18 heavy (non-hydrogen) atoms. The molecule has 0 saturated heterocycles. The Kier molecular flexibility index (Phi) is 3.64. The summed E-state index contributed by atoms with van der Waals surface area (Å²) in [6, 6.07) is 0. The molecule has 0 aromatic carbocycles. The summed E-state index contributed by atoms with van der Waals surface area (Å²) in [5.41, 5.74) is -3.60. The summed E-state index contributed by atoms with van der Waals surface area (Å²) in [6.07, 6.45) is 1.43. The standard InChI is InChI=1S/C12H16O6/c1-7(13)11(9(15)16)3-5-12(6-4-11,8(2)14)10(17)18/h3-8,13-14H,1-2H3,(H,15,16)(H,17,18)/p-2. The van der Waals surface area contributed by atoms with E-state index >= 15 is 0 Å². The molecule has 2 atom stereocenters. The van der Waals surface area contributed by atoms with E-state index in [9.17, 15) is 30.0 Å². The van der Waals surface area contributed by atoms with E-state index in [2.05, 4.69) is 0 Å². The number of aliphatic hydroxyl groups excluding tert-OH is 2. The van der Waals surface area contributed by atoms with Crippen LogP contribution in [0, 0.1) is 10.8 Å². The van der Waals surface area contributed by atoms with Crippen LogP contribution in [0.1, 0.15) is 13.8 Å². The van der Waals surface area contributed by atoms with Crippen molar-refractivity contribution in [1.82, 2.24) is 0 Å². The van der Waals surface area contributed by atoms with Crippen LogP contribution in [0.4, 0.5) is 0 Å². The minimum Gasteiger partial charge on any atom is -0.549 e. The molecule has 0 aromatic rings. The highest BCUT2D eigenvalue weighted by Gasteiger charge is 2.41. The summed E-state index contributed by atoms with van der Waals surface area (Å²) in [5.74, 6) is -3.11. The molecule has 0 saturated carbocycles. The number of rotatable bonds is 4. The van der Waals surface area contributed by atoms with Crippen LogP contribution < -0.4 is 10.2 Å². The van der Waals surface area contributed by atoms with Crippen molar-refractivity contribution < 1.29 is 30.0 Å². The first-order valence-electron chi connectivity index (χ1n) is 5.39. The summed E-state index contributed by atoms with van der Waals surface area (Å²) in [4.78, 5) is 22.1. The van der Waals surface area contributed by atoms with Crippen LogP contribution >= 0.6 is 0 Å². The maximum atomic E-state index is 11.1. The molecule has 2 unspecified atom stereocenters. The number of hydrogen-bond acceptors (Lipinski definition) is 6. The Morgan fingerprint density at radius 2 is 1.11 bits per heavy atom. The van der Waals surface area contributed by atoms with Gasteiger partial charge in [-0.1, -0.05) is 24.3 Å². The molecule has 0 heterocycles. The number of carboxylic acid groups (broad SMARTS) is 2. The number of hydrogen-bond donors (Lipinski definition) is 2. The van der Waals surface area contributed by atoms with Gasteiger partial charge in [0.25, 0.3) is 0 Å². The normalized spacial score (nSPS) is 34.0. The largest absolute Gasteiger partial charge is 0.549 e. The van der Waals surface area contributed by atoms with E-state index in [0.717, 1.165) is 24.3 Å². The number of carbonyl (C=O) groups is 2. The summed E-state index contributed by atoms with van der Waals surface area (Å²) in [5, 5.41) is 41.1. The lowest BCUT2D eigenvalue weighted by Crippen LogP contribution is -2.52. The Labute approximate surface area is 104 Å². The molecule has 100 valence electrons. The zero-order valence-corrected chi connectivity index (χ0v) is 9.99. The van der Waals surface area contributed by atoms with E-state index in [1.807, 2.05) is 0 Å². The fourth-order valence-corrected chi connectivity index (χ4v) is 1.83. The van der Waals surface area contributed by atoms with Crippen molar-refractivity contribution in [3.8, 4) is 0 Å². The molecule has 0 aromatic heterocycles. The molecule has 6 heteroatoms. The van der Waals surface area contributed by atoms with E-state index in [1.165, 1.54) is 13.8 Å². The highest BCUT2D eigenvalue weighted by Crippen LogP contribution is 2.37. The van der Waals surface area contributed by atoms with Gasteiger partial charge in [-0.3, -0.25) is 0 Å². The van der Waals surface area contributed by atoms with E-state index in [0.29, 0.717) is 0 Å². The molecule has 0 aliphatic heterocycles. The zero-order valence-electron chi connectivity index (χ0n) is 9.99. The lowest BCUT2D eigenvalue weighted by molar-refractivity contribution is -0.320. The average molecular weight is 254 g/mol. The second-order valence-corrected chi connectivity index (χ2v) is 4.46. The number of carbonyl (C=O) groups excluding carboxylic acids is 2. The third kappa shape index (κ3) is 1.93. The number of carboxylic acids is 2. The first-order chi connectivity index (χ1) is 8.19. The zero-order chi connectivity index (χ0) is 14.1. The van der Waals surface area contributed by atoms with Crippen LogP contribution in [0.5, 0.6) is 0 Å². The summed E-state index contributed by atoms with van der Waals surface area (Å²) in [7, 11) is 0. The second-order valence-electron chi connectivity index (χ2n) is 4.46. The molecule has 0 radical (unpaired) electrons. The van der Waals surface area contributed by atoms with Gasteiger partial charge in [-0.05, 0) is 13.8 Å². The van der Waals surface area contributed by atoms with Crippen molar-refractivity contribution in [2.24, 2.45) is 10.8 Å². The monoisotopic (exact) mass is 254 g/mol. The van der Waals surface area contributed by atoms with Crippen molar-refractivity contribution in [2.75, 3.05) is 0 Å². The fourth-order valence-electron chi connectivity index (χ4n) is 1.83. The van der Waals surface area contributed by atoms with Crippen LogP contribution in [0.2, 0.25) is 0 Å². The van der Waals surface area contributed by atoms with Gasteiger partial charge < -0.3 is 30.0 Å². The minimum absolute atomic E-state index is 1.01. The second kappa shape index (κ2) is 4.55. The average Bonchev–Trinajstić information content (AvgIpc) is 2.27. The highest BCUT2D eigenvalue weighted by atomic mass is 16.4. The topological polar surface area (TPSA) is 121 Å². The quantitative estimate of drug-likeness (QED) is 0.528. The molecule has 2 N–H and O–H groups in total. The molecule has 6 nitrogen and oxygen atoms in total. The molecule has 0 spiro atoms. The van der Waals surface area contributed by atoms with E-state index in [1.54, 1.807) is 0 Å². The summed E-state index contributed by atoms with van der Waals surface area (Å²) in [6.45, 7) is 2.50. The Hall–Kier alpha value is -1.66. The Morgan fingerprint density at radius 1 is 0.889 bits per heavy atom. The third-order valence-electron chi connectivity index (χ3n) is 3.36. The Morgan fingerprint density at radius 3 is 1.22 bits per heavy atom. The van der Waals surface area contributed by atoms with E-state index in [-0.39, 0.29) is 0 Å². The Bertz CT molecular complexity index is 366. The van der Waals surface area contributed by atoms with Crippen LogP contribution in [0.3, 0.4) is 0 Å². The maximum Gasteiger partial charge on any atom is 0.0716 e. The molecular formula is C12H14O6-2. The van der Waals surface area contributed by atoms with Gasteiger partial charge >= 0.3 is 0 Å². The maximum absolute atomic E-state index is 11.1. The van der Waals surface area contributed by atoms with Crippen molar-refractivity contribution in [3.05, 3.63) is 24.3 Å². The van der Waals surface area contributed by atoms with Gasteiger partial charge in [-0.15, -0.1) is 0 Å². The molecule has 0 bridgehead atoms. The van der Waals surface area contributed by atoms with Crippen LogP contribution in [0.15, 0.2) is 24.3 Å². The van der Waals surface area contributed by atoms with Crippen molar-refractivity contribution >= 4 is 11.9 Å². The van der Waals surface area contributed by atoms with Gasteiger partial charge in [0, 0.05) is 0 Å². The van der Waals surface area contributed by atoms with Crippen molar-refractivity contribution in [1.29, 1.82) is 0 Å². The van der Waals surface area contributed by atoms with Gasteiger partial charge in [0.2, 0.25) is 0 Å². The third-order valence-corrected chi connectivity index (χ3v) is 3.36. The van der Waals surface area contributed by atoms with Gasteiger partial charge in [0.1, 0.15) is 0 Å². The molecule has 1 rings (SSSR count).